The Kier molecular flexibility index (Phi) is 38.7. The summed E-state index contributed by atoms with van der Waals surface area (Å²) in [5.41, 5.74) is -3.93. The molecule has 0 amide bonds. The average Bonchev–Trinajstić information content (AvgIpc) is 3.03. The van der Waals surface area contributed by atoms with E-state index in [4.69, 9.17) is 61.3 Å². The molecule has 420 valence electrons. The summed E-state index contributed by atoms with van der Waals surface area (Å²) in [4.78, 5) is 130. The molecule has 12 N–H and O–H groups in total. The van der Waals surface area contributed by atoms with E-state index < -0.39 is 104 Å². The van der Waals surface area contributed by atoms with Crippen LogP contribution in [0.4, 0.5) is 0 Å². The molecule has 1 aromatic heterocycles. The van der Waals surface area contributed by atoms with Crippen LogP contribution in [0.15, 0.2) is 18.5 Å². The van der Waals surface area contributed by atoms with Gasteiger partial charge in [0.2, 0.25) is 0 Å². The summed E-state index contributed by atoms with van der Waals surface area (Å²) in [5.74, 6) is -10.7. The normalized spacial score (nSPS) is 10.9. The summed E-state index contributed by atoms with van der Waals surface area (Å²) in [6.07, 6.45) is 2.11. The van der Waals surface area contributed by atoms with E-state index in [1.54, 1.807) is 102 Å². The molecule has 0 saturated carbocycles. The first-order chi connectivity index (χ1) is 32.4. The maximum atomic E-state index is 10.2. The molecule has 0 aliphatic rings. The molecule has 0 bridgehead atoms. The topological polar surface area (TPSA) is 473 Å². The minimum atomic E-state index is -0.962. The third-order valence-corrected chi connectivity index (χ3v) is 8.25. The van der Waals surface area contributed by atoms with Crippen molar-refractivity contribution in [2.45, 2.75) is 167 Å². The predicted octanol–water partition coefficient (Wildman–Crippen LogP) is 6.56. The van der Waals surface area contributed by atoms with E-state index >= 15 is 0 Å². The van der Waals surface area contributed by atoms with Gasteiger partial charge in [0.25, 0.3) is 0 Å². The molecule has 1 heterocycles. The highest BCUT2D eigenvalue weighted by Gasteiger charge is 2.28. The minimum Gasteiger partial charge on any atom is -0.481 e. The second-order valence-corrected chi connectivity index (χ2v) is 21.1. The molecule has 0 radical (unpaired) electrons. The number of carboxylic acids is 12. The van der Waals surface area contributed by atoms with Gasteiger partial charge in [-0.3, -0.25) is 57.5 Å². The Hall–Kier alpha value is -7.28. The maximum absolute atomic E-state index is 10.2. The number of nitrogens with zero attached hydrogens (tertiary/aromatic N) is 2. The summed E-state index contributed by atoms with van der Waals surface area (Å²) in [7, 11) is 0. The Bertz CT molecular complexity index is 1530. The lowest BCUT2D eigenvalue weighted by Gasteiger charge is -2.18. The van der Waals surface area contributed by atoms with E-state index in [-0.39, 0.29) is 77.0 Å². The number of aryl methyl sites for hydroxylation is 1. The van der Waals surface area contributed by atoms with Crippen molar-refractivity contribution in [2.75, 3.05) is 0 Å². The van der Waals surface area contributed by atoms with Crippen LogP contribution in [-0.4, -0.2) is 143 Å². The van der Waals surface area contributed by atoms with Crippen LogP contribution < -0.4 is 0 Å². The fourth-order valence-electron chi connectivity index (χ4n) is 5.66. The highest BCUT2D eigenvalue weighted by Crippen LogP contribution is 2.28. The Morgan fingerprint density at radius 3 is 0.425 bits per heavy atom. The molecule has 26 nitrogen and oxygen atoms in total. The zero-order valence-electron chi connectivity index (χ0n) is 43.9. The fourth-order valence-corrected chi connectivity index (χ4v) is 5.66. The van der Waals surface area contributed by atoms with Gasteiger partial charge < -0.3 is 61.3 Å². The zero-order valence-corrected chi connectivity index (χ0v) is 43.9. The number of aliphatic carboxylic acids is 12. The van der Waals surface area contributed by atoms with Gasteiger partial charge in [0.05, 0.1) is 77.0 Å². The number of carboxylic acid groups (broad SMARTS) is 12. The number of carbonyl (C=O) groups is 12. The van der Waals surface area contributed by atoms with Gasteiger partial charge in [-0.15, -0.1) is 0 Å². The Balaban J connectivity index is -0.000000180. The number of aromatic nitrogens is 2. The van der Waals surface area contributed by atoms with Gasteiger partial charge in [-0.25, -0.2) is 9.97 Å². The number of hydrogen-bond donors (Lipinski definition) is 12. The van der Waals surface area contributed by atoms with Gasteiger partial charge in [-0.1, -0.05) is 83.1 Å². The SMILES string of the molecule is CC(C)(CC(=O)O)CC(=O)O.CC(C)(CC(=O)O)CC(=O)O.CC(C)(CC(=O)O)CC(=O)O.CC(C)(CC(=O)O)CC(=O)O.CC(C)(CC(=O)O)CC(=O)O.CC(C)(CC(=O)O)CC(=O)O.Cc1ncccn1. The Labute approximate surface area is 423 Å². The summed E-state index contributed by atoms with van der Waals surface area (Å²) in [6.45, 7) is 21.3. The van der Waals surface area contributed by atoms with Gasteiger partial charge in [0, 0.05) is 12.4 Å². The van der Waals surface area contributed by atoms with Crippen molar-refractivity contribution in [2.24, 2.45) is 32.5 Å². The molecule has 0 atom stereocenters. The van der Waals surface area contributed by atoms with Crippen molar-refractivity contribution >= 4 is 71.6 Å². The highest BCUT2D eigenvalue weighted by atomic mass is 16.4. The van der Waals surface area contributed by atoms with Crippen molar-refractivity contribution in [3.05, 3.63) is 24.3 Å². The molecular formula is C47H78N2O24. The van der Waals surface area contributed by atoms with Crippen molar-refractivity contribution in [1.82, 2.24) is 9.97 Å². The summed E-state index contributed by atoms with van der Waals surface area (Å²) in [5, 5.41) is 100. The molecule has 73 heavy (non-hydrogen) atoms. The van der Waals surface area contributed by atoms with Gasteiger partial charge in [-0.2, -0.15) is 0 Å². The third-order valence-electron chi connectivity index (χ3n) is 8.25. The van der Waals surface area contributed by atoms with Crippen molar-refractivity contribution in [3.63, 3.8) is 0 Å². The van der Waals surface area contributed by atoms with Crippen LogP contribution in [0.2, 0.25) is 0 Å². The van der Waals surface area contributed by atoms with E-state index in [0.717, 1.165) is 5.82 Å². The molecule has 0 aromatic carbocycles. The smallest absolute Gasteiger partial charge is 0.303 e. The molecule has 0 fully saturated rings. The number of rotatable bonds is 24. The zero-order chi connectivity index (χ0) is 59.5. The largest absolute Gasteiger partial charge is 0.481 e. The highest BCUT2D eigenvalue weighted by molar-refractivity contribution is 5.74. The van der Waals surface area contributed by atoms with E-state index in [9.17, 15) is 57.5 Å². The first kappa shape index (κ1) is 77.2. The minimum absolute atomic E-state index is 0.112. The molecule has 0 aliphatic heterocycles. The average molecular weight is 1060 g/mol. The van der Waals surface area contributed by atoms with Crippen LogP contribution in [0.1, 0.15) is 166 Å². The molecule has 0 aliphatic carbocycles. The predicted molar refractivity (Wildman–Crippen MR) is 256 cm³/mol. The molecule has 1 aromatic rings. The Morgan fingerprint density at radius 2 is 0.370 bits per heavy atom. The van der Waals surface area contributed by atoms with E-state index in [1.165, 1.54) is 0 Å². The molecule has 0 unspecified atom stereocenters. The lowest BCUT2D eigenvalue weighted by Crippen LogP contribution is -2.20. The quantitative estimate of drug-likeness (QED) is 0.0521. The van der Waals surface area contributed by atoms with Crippen molar-refractivity contribution in [1.29, 1.82) is 0 Å². The first-order valence-electron chi connectivity index (χ1n) is 21.7. The van der Waals surface area contributed by atoms with Gasteiger partial charge in [0.15, 0.2) is 0 Å². The van der Waals surface area contributed by atoms with Crippen LogP contribution >= 0.6 is 0 Å². The summed E-state index contributed by atoms with van der Waals surface area (Å²) in [6, 6.07) is 1.80. The van der Waals surface area contributed by atoms with Gasteiger partial charge in [0.1, 0.15) is 5.82 Å². The molecule has 0 spiro atoms. The van der Waals surface area contributed by atoms with E-state index in [1.807, 2.05) is 6.92 Å². The monoisotopic (exact) mass is 1050 g/mol. The first-order valence-corrected chi connectivity index (χ1v) is 21.7. The molecular weight excluding hydrogens is 977 g/mol. The standard InChI is InChI=1S/6C7H12O4.C5H6N2/c6*1-7(2,3-5(8)9)4-6(10)11;1-5-6-3-2-4-7-5/h6*3-4H2,1-2H3,(H,8,9)(H,10,11);2-4H,1H3. The maximum Gasteiger partial charge on any atom is 0.303 e. The molecule has 26 heteroatoms. The summed E-state index contributed by atoms with van der Waals surface area (Å²) < 4.78 is 0. The molecule has 1 rings (SSSR count). The van der Waals surface area contributed by atoms with Crippen LogP contribution in [0.5, 0.6) is 0 Å². The lowest BCUT2D eigenvalue weighted by atomic mass is 9.86. The second kappa shape index (κ2) is 36.6. The van der Waals surface area contributed by atoms with Gasteiger partial charge >= 0.3 is 71.6 Å². The second-order valence-electron chi connectivity index (χ2n) is 21.1. The Morgan fingerprint density at radius 1 is 0.274 bits per heavy atom. The van der Waals surface area contributed by atoms with Crippen molar-refractivity contribution in [3.8, 4) is 0 Å². The third kappa shape index (κ3) is 69.1. The van der Waals surface area contributed by atoms with Crippen LogP contribution in [0.3, 0.4) is 0 Å². The van der Waals surface area contributed by atoms with Crippen LogP contribution in [0.25, 0.3) is 0 Å². The van der Waals surface area contributed by atoms with E-state index in [0.29, 0.717) is 0 Å². The molecule has 0 saturated heterocycles. The number of hydrogen-bond acceptors (Lipinski definition) is 14. The lowest BCUT2D eigenvalue weighted by molar-refractivity contribution is -0.144. The van der Waals surface area contributed by atoms with E-state index in [2.05, 4.69) is 9.97 Å². The summed E-state index contributed by atoms with van der Waals surface area (Å²) >= 11 is 0. The van der Waals surface area contributed by atoms with Gasteiger partial charge in [-0.05, 0) is 45.5 Å². The van der Waals surface area contributed by atoms with Crippen LogP contribution in [-0.2, 0) is 57.5 Å². The fraction of sp³-hybridized carbons (Fsp3) is 0.660. The van der Waals surface area contributed by atoms with Crippen LogP contribution in [0, 0.1) is 39.4 Å². The van der Waals surface area contributed by atoms with Crippen molar-refractivity contribution < 1.29 is 119 Å².